The third-order valence-corrected chi connectivity index (χ3v) is 6.51. The van der Waals surface area contributed by atoms with Crippen molar-refractivity contribution in [3.63, 3.8) is 0 Å². The van der Waals surface area contributed by atoms with Crippen LogP contribution in [0.5, 0.6) is 0 Å². The maximum Gasteiger partial charge on any atom is 0.220 e. The van der Waals surface area contributed by atoms with E-state index in [0.717, 1.165) is 25.2 Å². The molecule has 3 aromatic rings. The van der Waals surface area contributed by atoms with Gasteiger partial charge in [-0.25, -0.2) is 4.68 Å². The molecular formula is C23H26N4O. The average Bonchev–Trinajstić information content (AvgIpc) is 3.34. The van der Waals surface area contributed by atoms with E-state index in [9.17, 15) is 4.79 Å². The first kappa shape index (κ1) is 17.4. The molecule has 0 unspecified atom stereocenters. The third kappa shape index (κ3) is 3.31. The van der Waals surface area contributed by atoms with E-state index in [2.05, 4.69) is 71.0 Å². The molecule has 1 saturated carbocycles. The summed E-state index contributed by atoms with van der Waals surface area (Å²) in [6.07, 6.45) is 7.12. The molecule has 2 aromatic carbocycles. The molecule has 1 aliphatic heterocycles. The standard InChI is InChI=1S/C23H26N4O/c1-26(22-9-19-11-23(28)24-13-20(19)10-22)14-16-12-25-27(15-16)21-7-6-17-4-2-3-5-18(17)8-21/h2-8,12,15,19-20,22H,9-11,13-14H2,1H3,(H,24,28)/t19-,20+,22-/m1/s1. The van der Waals surface area contributed by atoms with E-state index in [-0.39, 0.29) is 5.91 Å². The molecule has 2 aliphatic rings. The molecule has 1 amide bonds. The Morgan fingerprint density at radius 1 is 1.14 bits per heavy atom. The minimum atomic E-state index is 0.223. The van der Waals surface area contributed by atoms with E-state index in [1.165, 1.54) is 22.8 Å². The molecule has 0 radical (unpaired) electrons. The molecule has 1 saturated heterocycles. The van der Waals surface area contributed by atoms with Crippen molar-refractivity contribution in [2.75, 3.05) is 13.6 Å². The number of piperidine rings is 1. The Morgan fingerprint density at radius 3 is 2.86 bits per heavy atom. The molecule has 2 fully saturated rings. The van der Waals surface area contributed by atoms with Gasteiger partial charge in [-0.2, -0.15) is 5.10 Å². The van der Waals surface area contributed by atoms with Crippen LogP contribution in [0.2, 0.25) is 0 Å². The van der Waals surface area contributed by atoms with Crippen molar-refractivity contribution in [2.45, 2.75) is 31.8 Å². The molecule has 1 aliphatic carbocycles. The first-order valence-corrected chi connectivity index (χ1v) is 10.2. The summed E-state index contributed by atoms with van der Waals surface area (Å²) in [7, 11) is 2.20. The molecule has 3 atom stereocenters. The summed E-state index contributed by atoms with van der Waals surface area (Å²) in [5.74, 6) is 1.42. The molecule has 0 bridgehead atoms. The van der Waals surface area contributed by atoms with Crippen molar-refractivity contribution in [3.05, 3.63) is 60.4 Å². The predicted molar refractivity (Wildman–Crippen MR) is 110 cm³/mol. The maximum absolute atomic E-state index is 11.7. The zero-order valence-electron chi connectivity index (χ0n) is 16.2. The smallest absolute Gasteiger partial charge is 0.220 e. The average molecular weight is 374 g/mol. The second-order valence-corrected chi connectivity index (χ2v) is 8.39. The molecule has 5 nitrogen and oxygen atoms in total. The van der Waals surface area contributed by atoms with Gasteiger partial charge < -0.3 is 5.32 Å². The van der Waals surface area contributed by atoms with Gasteiger partial charge in [-0.15, -0.1) is 0 Å². The van der Waals surface area contributed by atoms with Crippen molar-refractivity contribution in [2.24, 2.45) is 11.8 Å². The normalized spacial score (nSPS) is 24.5. The second-order valence-electron chi connectivity index (χ2n) is 8.39. The highest BCUT2D eigenvalue weighted by atomic mass is 16.1. The molecule has 28 heavy (non-hydrogen) atoms. The van der Waals surface area contributed by atoms with Crippen molar-refractivity contribution in [1.29, 1.82) is 0 Å². The summed E-state index contributed by atoms with van der Waals surface area (Å²) in [4.78, 5) is 14.1. The summed E-state index contributed by atoms with van der Waals surface area (Å²) in [6, 6.07) is 15.4. The van der Waals surface area contributed by atoms with E-state index in [4.69, 9.17) is 0 Å². The third-order valence-electron chi connectivity index (χ3n) is 6.51. The molecule has 1 N–H and O–H groups in total. The largest absolute Gasteiger partial charge is 0.356 e. The Hall–Kier alpha value is -2.66. The molecule has 144 valence electrons. The number of benzene rings is 2. The monoisotopic (exact) mass is 374 g/mol. The van der Waals surface area contributed by atoms with Gasteiger partial charge in [0.1, 0.15) is 0 Å². The van der Waals surface area contributed by atoms with Crippen LogP contribution in [0.1, 0.15) is 24.8 Å². The number of nitrogens with zero attached hydrogens (tertiary/aromatic N) is 3. The lowest BCUT2D eigenvalue weighted by Gasteiger charge is -2.24. The first-order chi connectivity index (χ1) is 13.7. The minimum Gasteiger partial charge on any atom is -0.356 e. The van der Waals surface area contributed by atoms with Gasteiger partial charge in [0, 0.05) is 37.3 Å². The molecular weight excluding hydrogens is 348 g/mol. The van der Waals surface area contributed by atoms with Gasteiger partial charge in [-0.05, 0) is 54.6 Å². The van der Waals surface area contributed by atoms with Crippen LogP contribution in [0.3, 0.4) is 0 Å². The van der Waals surface area contributed by atoms with Gasteiger partial charge in [0.15, 0.2) is 0 Å². The van der Waals surface area contributed by atoms with Crippen LogP contribution >= 0.6 is 0 Å². The minimum absolute atomic E-state index is 0.223. The number of carbonyl (C=O) groups excluding carboxylic acids is 1. The number of fused-ring (bicyclic) bond motifs is 2. The van der Waals surface area contributed by atoms with Crippen LogP contribution in [-0.2, 0) is 11.3 Å². The van der Waals surface area contributed by atoms with Crippen molar-refractivity contribution in [3.8, 4) is 5.69 Å². The lowest BCUT2D eigenvalue weighted by molar-refractivity contribution is -0.124. The number of hydrogen-bond acceptors (Lipinski definition) is 3. The van der Waals surface area contributed by atoms with E-state index in [1.54, 1.807) is 0 Å². The molecule has 2 heterocycles. The topological polar surface area (TPSA) is 50.2 Å². The number of amides is 1. The Morgan fingerprint density at radius 2 is 1.96 bits per heavy atom. The number of rotatable bonds is 4. The van der Waals surface area contributed by atoms with E-state index >= 15 is 0 Å². The SMILES string of the molecule is CN(Cc1cnn(-c2ccc3ccccc3c2)c1)[C@H]1C[C@H]2CNC(=O)C[C@H]2C1. The number of nitrogens with one attached hydrogen (secondary N) is 1. The van der Waals surface area contributed by atoms with Crippen molar-refractivity contribution >= 4 is 16.7 Å². The van der Waals surface area contributed by atoms with Gasteiger partial charge in [-0.3, -0.25) is 9.69 Å². The lowest BCUT2D eigenvalue weighted by Crippen LogP contribution is -2.38. The van der Waals surface area contributed by atoms with E-state index < -0.39 is 0 Å². The predicted octanol–water partition coefficient (Wildman–Crippen LogP) is 3.37. The highest BCUT2D eigenvalue weighted by Gasteiger charge is 2.39. The maximum atomic E-state index is 11.7. The Balaban J connectivity index is 1.28. The van der Waals surface area contributed by atoms with Crippen LogP contribution in [0.25, 0.3) is 16.5 Å². The summed E-state index contributed by atoms with van der Waals surface area (Å²) in [6.45, 7) is 1.74. The fourth-order valence-electron chi connectivity index (χ4n) is 4.91. The van der Waals surface area contributed by atoms with Crippen LogP contribution in [-0.4, -0.2) is 40.2 Å². The highest BCUT2D eigenvalue weighted by Crippen LogP contribution is 2.38. The van der Waals surface area contributed by atoms with Crippen molar-refractivity contribution in [1.82, 2.24) is 20.0 Å². The molecule has 5 rings (SSSR count). The Labute approximate surface area is 165 Å². The lowest BCUT2D eigenvalue weighted by atomic mass is 9.89. The Bertz CT molecular complexity index is 1010. The fourth-order valence-corrected chi connectivity index (χ4v) is 4.91. The van der Waals surface area contributed by atoms with Gasteiger partial charge in [0.25, 0.3) is 0 Å². The van der Waals surface area contributed by atoms with Gasteiger partial charge in [-0.1, -0.05) is 30.3 Å². The van der Waals surface area contributed by atoms with Crippen LogP contribution in [0, 0.1) is 11.8 Å². The molecule has 0 spiro atoms. The quantitative estimate of drug-likeness (QED) is 0.762. The fraction of sp³-hybridized carbons (Fsp3) is 0.391. The Kier molecular flexibility index (Phi) is 4.40. The summed E-state index contributed by atoms with van der Waals surface area (Å²) < 4.78 is 1.96. The number of aromatic nitrogens is 2. The second kappa shape index (κ2) is 7.06. The van der Waals surface area contributed by atoms with Crippen molar-refractivity contribution < 1.29 is 4.79 Å². The van der Waals surface area contributed by atoms with Gasteiger partial charge in [0.05, 0.1) is 11.9 Å². The van der Waals surface area contributed by atoms with Crippen LogP contribution in [0.4, 0.5) is 0 Å². The molecule has 1 aromatic heterocycles. The van der Waals surface area contributed by atoms with E-state index in [1.807, 2.05) is 10.9 Å². The molecule has 5 heteroatoms. The summed E-state index contributed by atoms with van der Waals surface area (Å²) >= 11 is 0. The highest BCUT2D eigenvalue weighted by molar-refractivity contribution is 5.84. The van der Waals surface area contributed by atoms with Crippen LogP contribution < -0.4 is 5.32 Å². The number of hydrogen-bond donors (Lipinski definition) is 1. The van der Waals surface area contributed by atoms with Crippen LogP contribution in [0.15, 0.2) is 54.9 Å². The van der Waals surface area contributed by atoms with Gasteiger partial charge in [0.2, 0.25) is 5.91 Å². The zero-order chi connectivity index (χ0) is 19.1. The summed E-state index contributed by atoms with van der Waals surface area (Å²) in [5, 5.41) is 10.1. The summed E-state index contributed by atoms with van der Waals surface area (Å²) in [5.41, 5.74) is 2.31. The zero-order valence-corrected chi connectivity index (χ0v) is 16.2. The first-order valence-electron chi connectivity index (χ1n) is 10.2. The number of carbonyl (C=O) groups is 1. The van der Waals surface area contributed by atoms with Gasteiger partial charge >= 0.3 is 0 Å². The van der Waals surface area contributed by atoms with E-state index in [0.29, 0.717) is 24.3 Å².